The molecule has 0 radical (unpaired) electrons. The molecule has 0 saturated carbocycles. The van der Waals surface area contributed by atoms with Crippen LogP contribution in [0.3, 0.4) is 0 Å². The Morgan fingerprint density at radius 1 is 0.941 bits per heavy atom. The fraction of sp³-hybridized carbons (Fsp3) is 0.400. The molecule has 0 fully saturated rings. The Morgan fingerprint density at radius 3 is 2.21 bits per heavy atom. The van der Waals surface area contributed by atoms with Crippen LogP contribution >= 0.6 is 0 Å². The highest BCUT2D eigenvalue weighted by Crippen LogP contribution is 2.40. The SMILES string of the molecule is COc1cc(Nc2nccc(-c3ccc(NCC(C)(C)CN(C)C)nc3)n2)cc(OC)c1OC. The molecule has 0 aliphatic heterocycles. The van der Waals surface area contributed by atoms with E-state index in [1.165, 1.54) is 0 Å². The van der Waals surface area contributed by atoms with Crippen LogP contribution in [0.25, 0.3) is 11.3 Å². The first kappa shape index (κ1) is 25.0. The van der Waals surface area contributed by atoms with Crippen LogP contribution in [-0.2, 0) is 0 Å². The highest BCUT2D eigenvalue weighted by atomic mass is 16.5. The van der Waals surface area contributed by atoms with Crippen molar-refractivity contribution >= 4 is 17.5 Å². The zero-order chi connectivity index (χ0) is 24.7. The number of ether oxygens (including phenoxy) is 3. The van der Waals surface area contributed by atoms with Gasteiger partial charge < -0.3 is 29.7 Å². The lowest BCUT2D eigenvalue weighted by atomic mass is 9.93. The maximum atomic E-state index is 5.42. The lowest BCUT2D eigenvalue weighted by molar-refractivity contribution is 0.254. The van der Waals surface area contributed by atoms with Crippen LogP contribution in [0.15, 0.2) is 42.7 Å². The number of aromatic nitrogens is 3. The lowest BCUT2D eigenvalue weighted by Gasteiger charge is -2.28. The summed E-state index contributed by atoms with van der Waals surface area (Å²) in [6, 6.07) is 9.42. The molecule has 0 unspecified atom stereocenters. The summed E-state index contributed by atoms with van der Waals surface area (Å²) in [5.41, 5.74) is 2.50. The molecule has 1 aromatic carbocycles. The van der Waals surface area contributed by atoms with Crippen molar-refractivity contribution in [3.8, 4) is 28.5 Å². The van der Waals surface area contributed by atoms with Gasteiger partial charge in [-0.2, -0.15) is 0 Å². The minimum Gasteiger partial charge on any atom is -0.493 e. The molecule has 0 atom stereocenters. The highest BCUT2D eigenvalue weighted by molar-refractivity contribution is 5.67. The van der Waals surface area contributed by atoms with Crippen molar-refractivity contribution in [1.82, 2.24) is 19.9 Å². The molecule has 2 heterocycles. The second kappa shape index (κ2) is 11.0. The fourth-order valence-electron chi connectivity index (χ4n) is 3.75. The van der Waals surface area contributed by atoms with Gasteiger partial charge in [-0.3, -0.25) is 0 Å². The van der Waals surface area contributed by atoms with E-state index in [1.807, 2.05) is 24.4 Å². The van der Waals surface area contributed by atoms with E-state index in [4.69, 9.17) is 14.2 Å². The minimum atomic E-state index is 0.129. The second-order valence-corrected chi connectivity index (χ2v) is 8.99. The Morgan fingerprint density at radius 2 is 1.65 bits per heavy atom. The monoisotopic (exact) mass is 466 g/mol. The normalized spacial score (nSPS) is 11.3. The average molecular weight is 467 g/mol. The van der Waals surface area contributed by atoms with E-state index in [0.717, 1.165) is 30.2 Å². The molecule has 3 aromatic rings. The van der Waals surface area contributed by atoms with E-state index in [1.54, 1.807) is 39.7 Å². The summed E-state index contributed by atoms with van der Waals surface area (Å²) in [4.78, 5) is 15.7. The number of nitrogens with zero attached hydrogens (tertiary/aromatic N) is 4. The van der Waals surface area contributed by atoms with E-state index in [9.17, 15) is 0 Å². The van der Waals surface area contributed by atoms with Crippen molar-refractivity contribution in [2.75, 3.05) is 59.1 Å². The molecule has 2 N–H and O–H groups in total. The van der Waals surface area contributed by atoms with Crippen LogP contribution in [0.1, 0.15) is 13.8 Å². The standard InChI is InChI=1S/C25H34N6O3/c1-25(2,16-31(3)4)15-28-22-9-8-17(14-27-22)19-10-11-26-24(30-19)29-18-12-20(32-5)23(34-7)21(13-18)33-6/h8-14H,15-16H2,1-7H3,(H,27,28)(H,26,29,30). The molecule has 0 spiro atoms. The molecule has 0 amide bonds. The van der Waals surface area contributed by atoms with E-state index >= 15 is 0 Å². The zero-order valence-electron chi connectivity index (χ0n) is 21.0. The van der Waals surface area contributed by atoms with Gasteiger partial charge in [0.1, 0.15) is 5.82 Å². The van der Waals surface area contributed by atoms with Gasteiger partial charge in [-0.15, -0.1) is 0 Å². The average Bonchev–Trinajstić information content (AvgIpc) is 2.82. The molecule has 0 aliphatic rings. The zero-order valence-corrected chi connectivity index (χ0v) is 21.0. The molecule has 0 aliphatic carbocycles. The van der Waals surface area contributed by atoms with Crippen molar-refractivity contribution in [2.24, 2.45) is 5.41 Å². The molecular weight excluding hydrogens is 432 g/mol. The van der Waals surface area contributed by atoms with Gasteiger partial charge in [0.25, 0.3) is 0 Å². The van der Waals surface area contributed by atoms with Gasteiger partial charge in [0.05, 0.1) is 27.0 Å². The summed E-state index contributed by atoms with van der Waals surface area (Å²) in [6.07, 6.45) is 3.52. The highest BCUT2D eigenvalue weighted by Gasteiger charge is 2.19. The number of hydrogen-bond acceptors (Lipinski definition) is 9. The van der Waals surface area contributed by atoms with Crippen molar-refractivity contribution in [3.63, 3.8) is 0 Å². The van der Waals surface area contributed by atoms with Crippen LogP contribution in [0.4, 0.5) is 17.5 Å². The Bertz CT molecular complexity index is 1060. The molecule has 9 nitrogen and oxygen atoms in total. The lowest BCUT2D eigenvalue weighted by Crippen LogP contribution is -2.34. The predicted molar refractivity (Wildman–Crippen MR) is 135 cm³/mol. The van der Waals surface area contributed by atoms with Gasteiger partial charge in [0.15, 0.2) is 11.5 Å². The minimum absolute atomic E-state index is 0.129. The first-order valence-electron chi connectivity index (χ1n) is 11.0. The maximum absolute atomic E-state index is 5.42. The Balaban J connectivity index is 1.73. The van der Waals surface area contributed by atoms with Gasteiger partial charge >= 0.3 is 0 Å². The largest absolute Gasteiger partial charge is 0.493 e. The topological polar surface area (TPSA) is 93.7 Å². The van der Waals surface area contributed by atoms with Gasteiger partial charge in [-0.25, -0.2) is 15.0 Å². The molecule has 182 valence electrons. The van der Waals surface area contributed by atoms with E-state index < -0.39 is 0 Å². The molecule has 9 heteroatoms. The number of hydrogen-bond donors (Lipinski definition) is 2. The predicted octanol–water partition coefficient (Wildman–Crippen LogP) is 4.31. The van der Waals surface area contributed by atoms with Crippen LogP contribution < -0.4 is 24.8 Å². The number of benzene rings is 1. The van der Waals surface area contributed by atoms with Crippen LogP contribution in [0.2, 0.25) is 0 Å². The molecular formula is C25H34N6O3. The van der Waals surface area contributed by atoms with Crippen LogP contribution in [0.5, 0.6) is 17.2 Å². The van der Waals surface area contributed by atoms with Crippen molar-refractivity contribution in [2.45, 2.75) is 13.8 Å². The Labute approximate surface area is 201 Å². The summed E-state index contributed by atoms with van der Waals surface area (Å²) in [7, 11) is 8.89. The second-order valence-electron chi connectivity index (χ2n) is 8.99. The molecule has 2 aromatic heterocycles. The smallest absolute Gasteiger partial charge is 0.227 e. The maximum Gasteiger partial charge on any atom is 0.227 e. The van der Waals surface area contributed by atoms with E-state index in [-0.39, 0.29) is 5.41 Å². The number of nitrogens with one attached hydrogen (secondary N) is 2. The van der Waals surface area contributed by atoms with E-state index in [2.05, 4.69) is 58.4 Å². The molecule has 0 bridgehead atoms. The van der Waals surface area contributed by atoms with Crippen molar-refractivity contribution in [3.05, 3.63) is 42.7 Å². The fourth-order valence-corrected chi connectivity index (χ4v) is 3.75. The number of rotatable bonds is 11. The first-order chi connectivity index (χ1) is 16.2. The van der Waals surface area contributed by atoms with Gasteiger partial charge in [-0.1, -0.05) is 13.8 Å². The summed E-state index contributed by atoms with van der Waals surface area (Å²) < 4.78 is 16.2. The molecule has 0 saturated heterocycles. The third kappa shape index (κ3) is 6.48. The first-order valence-corrected chi connectivity index (χ1v) is 11.0. The molecule has 3 rings (SSSR count). The Hall–Kier alpha value is -3.59. The Kier molecular flexibility index (Phi) is 8.12. The van der Waals surface area contributed by atoms with E-state index in [0.29, 0.717) is 28.9 Å². The van der Waals surface area contributed by atoms with Crippen molar-refractivity contribution in [1.29, 1.82) is 0 Å². The van der Waals surface area contributed by atoms with Crippen LogP contribution in [-0.4, -0.2) is 68.4 Å². The third-order valence-corrected chi connectivity index (χ3v) is 5.13. The summed E-state index contributed by atoms with van der Waals surface area (Å²) in [5.74, 6) is 2.89. The number of anilines is 3. The third-order valence-electron chi connectivity index (χ3n) is 5.13. The van der Waals surface area contributed by atoms with Gasteiger partial charge in [0.2, 0.25) is 11.7 Å². The van der Waals surface area contributed by atoms with Crippen LogP contribution in [0, 0.1) is 5.41 Å². The quantitative estimate of drug-likeness (QED) is 0.429. The number of pyridine rings is 1. The van der Waals surface area contributed by atoms with Crippen molar-refractivity contribution < 1.29 is 14.2 Å². The summed E-state index contributed by atoms with van der Waals surface area (Å²) >= 11 is 0. The number of methoxy groups -OCH3 is 3. The molecule has 34 heavy (non-hydrogen) atoms. The summed E-state index contributed by atoms with van der Waals surface area (Å²) in [6.45, 7) is 6.28. The van der Waals surface area contributed by atoms with Gasteiger partial charge in [0, 0.05) is 48.9 Å². The van der Waals surface area contributed by atoms with Gasteiger partial charge in [-0.05, 0) is 37.7 Å². The summed E-state index contributed by atoms with van der Waals surface area (Å²) in [5, 5.41) is 6.63.